The van der Waals surface area contributed by atoms with Gasteiger partial charge in [-0.25, -0.2) is 4.79 Å². The number of carboxylic acids is 1. The molecule has 0 saturated heterocycles. The van der Waals surface area contributed by atoms with Crippen LogP contribution >= 0.6 is 0 Å². The Morgan fingerprint density at radius 2 is 1.40 bits per heavy atom. The molecule has 5 rings (SSSR count). The molecule has 0 aromatic heterocycles. The number of hydrogen-bond acceptors (Lipinski definition) is 4. The highest BCUT2D eigenvalue weighted by molar-refractivity contribution is 5.72. The van der Waals surface area contributed by atoms with Crippen molar-refractivity contribution < 1.29 is 19.4 Å². The fraction of sp³-hybridized carbons (Fsp3) is 0.375. The van der Waals surface area contributed by atoms with Crippen molar-refractivity contribution in [1.29, 1.82) is 0 Å². The van der Waals surface area contributed by atoms with Crippen molar-refractivity contribution >= 4 is 5.97 Å². The molecule has 0 aliphatic heterocycles. The summed E-state index contributed by atoms with van der Waals surface area (Å²) in [7, 11) is 2.21. The van der Waals surface area contributed by atoms with E-state index < -0.39 is 12.1 Å². The monoisotopic (exact) mass is 605 g/mol. The van der Waals surface area contributed by atoms with Gasteiger partial charge in [0.15, 0.2) is 6.10 Å². The molecule has 0 fully saturated rings. The Labute approximate surface area is 268 Å². The predicted molar refractivity (Wildman–Crippen MR) is 181 cm³/mol. The van der Waals surface area contributed by atoms with Gasteiger partial charge in [-0.15, -0.1) is 0 Å². The zero-order valence-corrected chi connectivity index (χ0v) is 27.0. The highest BCUT2D eigenvalue weighted by Gasteiger charge is 2.27. The van der Waals surface area contributed by atoms with Crippen LogP contribution in [-0.2, 0) is 48.1 Å². The zero-order chi connectivity index (χ0) is 31.6. The van der Waals surface area contributed by atoms with Gasteiger partial charge in [0, 0.05) is 19.6 Å². The Morgan fingerprint density at radius 1 is 0.800 bits per heavy atom. The molecule has 2 unspecified atom stereocenters. The minimum absolute atomic E-state index is 0.161. The summed E-state index contributed by atoms with van der Waals surface area (Å²) in [6.45, 7) is 5.75. The normalized spacial score (nSPS) is 14.8. The molecule has 5 nitrogen and oxygen atoms in total. The van der Waals surface area contributed by atoms with Crippen LogP contribution in [0.3, 0.4) is 0 Å². The molecule has 236 valence electrons. The van der Waals surface area contributed by atoms with Gasteiger partial charge in [-0.1, -0.05) is 92.2 Å². The average Bonchev–Trinajstić information content (AvgIpc) is 3.21. The lowest BCUT2D eigenvalue weighted by molar-refractivity contribution is -0.149. The largest absolute Gasteiger partial charge is 0.492 e. The first kappa shape index (κ1) is 32.5. The maximum absolute atomic E-state index is 11.5. The second-order valence-electron chi connectivity index (χ2n) is 12.2. The topological polar surface area (TPSA) is 59.0 Å². The Hall–Kier alpha value is -3.93. The van der Waals surface area contributed by atoms with Gasteiger partial charge in [0.2, 0.25) is 0 Å². The average molecular weight is 606 g/mol. The number of aliphatic carboxylic acids is 1. The van der Waals surface area contributed by atoms with Crippen molar-refractivity contribution in [3.63, 3.8) is 0 Å². The lowest BCUT2D eigenvalue weighted by atomic mass is 9.90. The second kappa shape index (κ2) is 15.9. The molecule has 0 bridgehead atoms. The van der Waals surface area contributed by atoms with Gasteiger partial charge >= 0.3 is 5.97 Å². The number of rotatable bonds is 15. The minimum atomic E-state index is -0.938. The summed E-state index contributed by atoms with van der Waals surface area (Å²) < 4.78 is 11.5. The van der Waals surface area contributed by atoms with Crippen LogP contribution < -0.4 is 4.74 Å². The van der Waals surface area contributed by atoms with Gasteiger partial charge in [-0.3, -0.25) is 4.90 Å². The van der Waals surface area contributed by atoms with Crippen LogP contribution in [-0.4, -0.2) is 48.9 Å². The van der Waals surface area contributed by atoms with E-state index in [1.54, 1.807) is 0 Å². The first-order chi connectivity index (χ1) is 21.9. The number of nitrogens with zero attached hydrogens (tertiary/aromatic N) is 1. The fourth-order valence-corrected chi connectivity index (χ4v) is 6.52. The van der Waals surface area contributed by atoms with Gasteiger partial charge in [-0.2, -0.15) is 0 Å². The molecule has 0 saturated carbocycles. The number of likely N-dealkylation sites (N-methyl/N-ethyl adjacent to an activating group) is 1. The minimum Gasteiger partial charge on any atom is -0.492 e. The van der Waals surface area contributed by atoms with E-state index in [0.29, 0.717) is 19.6 Å². The van der Waals surface area contributed by atoms with Crippen molar-refractivity contribution in [3.05, 3.63) is 136 Å². The van der Waals surface area contributed by atoms with Crippen molar-refractivity contribution in [2.24, 2.45) is 0 Å². The Morgan fingerprint density at radius 3 is 2.00 bits per heavy atom. The van der Waals surface area contributed by atoms with E-state index in [1.165, 1.54) is 38.9 Å². The summed E-state index contributed by atoms with van der Waals surface area (Å²) in [6, 6.07) is 32.9. The third-order valence-corrected chi connectivity index (χ3v) is 8.89. The zero-order valence-electron chi connectivity index (χ0n) is 27.0. The van der Waals surface area contributed by atoms with Gasteiger partial charge in [0.1, 0.15) is 12.4 Å². The molecule has 0 spiro atoms. The number of fused-ring (bicyclic) bond motifs is 2. The quantitative estimate of drug-likeness (QED) is 0.151. The van der Waals surface area contributed by atoms with E-state index >= 15 is 0 Å². The summed E-state index contributed by atoms with van der Waals surface area (Å²) in [5.41, 5.74) is 10.8. The van der Waals surface area contributed by atoms with E-state index in [2.05, 4.69) is 85.6 Å². The van der Waals surface area contributed by atoms with E-state index in [4.69, 9.17) is 9.47 Å². The maximum Gasteiger partial charge on any atom is 0.333 e. The molecule has 1 aliphatic carbocycles. The summed E-state index contributed by atoms with van der Waals surface area (Å²) in [5.74, 6) is -0.156. The van der Waals surface area contributed by atoms with Crippen molar-refractivity contribution in [3.8, 4) is 5.75 Å². The smallest absolute Gasteiger partial charge is 0.333 e. The molecule has 4 aromatic carbocycles. The van der Waals surface area contributed by atoms with Crippen LogP contribution in [0, 0.1) is 0 Å². The molecule has 5 heteroatoms. The number of ether oxygens (including phenoxy) is 2. The van der Waals surface area contributed by atoms with Crippen molar-refractivity contribution in [2.75, 3.05) is 26.8 Å². The lowest BCUT2D eigenvalue weighted by Gasteiger charge is -2.31. The van der Waals surface area contributed by atoms with E-state index in [-0.39, 0.29) is 6.04 Å². The molecule has 0 amide bonds. The molecule has 1 aliphatic rings. The van der Waals surface area contributed by atoms with E-state index in [0.717, 1.165) is 56.4 Å². The van der Waals surface area contributed by atoms with E-state index in [1.807, 2.05) is 31.2 Å². The Kier molecular flexibility index (Phi) is 11.5. The van der Waals surface area contributed by atoms with Crippen LogP contribution in [0.25, 0.3) is 0 Å². The van der Waals surface area contributed by atoms with Crippen LogP contribution in [0.4, 0.5) is 0 Å². The number of carboxylic acid groups (broad SMARTS) is 1. The van der Waals surface area contributed by atoms with Crippen LogP contribution in [0.5, 0.6) is 5.75 Å². The van der Waals surface area contributed by atoms with Gasteiger partial charge < -0.3 is 14.6 Å². The molecule has 0 radical (unpaired) electrons. The molecular weight excluding hydrogens is 558 g/mol. The number of hydrogen-bond donors (Lipinski definition) is 1. The fourth-order valence-electron chi connectivity index (χ4n) is 6.52. The Balaban J connectivity index is 1.30. The lowest BCUT2D eigenvalue weighted by Crippen LogP contribution is -2.30. The maximum atomic E-state index is 11.5. The number of aryl methyl sites for hydroxylation is 5. The molecule has 2 atom stereocenters. The number of benzene rings is 4. The molecule has 1 N–H and O–H groups in total. The SMILES string of the molecule is CCCc1ccc2c(c1)CCc1cc(CCc3ccccc3)ccc1C2N(C)CCOc1ccc(CC(OCC)C(=O)O)cc1. The third kappa shape index (κ3) is 8.62. The molecule has 0 heterocycles. The van der Waals surface area contributed by atoms with Crippen LogP contribution in [0.1, 0.15) is 70.8 Å². The summed E-state index contributed by atoms with van der Waals surface area (Å²) in [5, 5.41) is 9.40. The van der Waals surface area contributed by atoms with Gasteiger partial charge in [0.05, 0.1) is 6.04 Å². The first-order valence-corrected chi connectivity index (χ1v) is 16.5. The van der Waals surface area contributed by atoms with Crippen LogP contribution in [0.2, 0.25) is 0 Å². The number of carbonyl (C=O) groups is 1. The highest BCUT2D eigenvalue weighted by Crippen LogP contribution is 2.37. The molecular formula is C40H47NO4. The molecule has 4 aromatic rings. The van der Waals surface area contributed by atoms with Crippen LogP contribution in [0.15, 0.2) is 91.0 Å². The highest BCUT2D eigenvalue weighted by atomic mass is 16.5. The van der Waals surface area contributed by atoms with Crippen molar-refractivity contribution in [2.45, 2.75) is 70.9 Å². The van der Waals surface area contributed by atoms with Gasteiger partial charge in [0.25, 0.3) is 0 Å². The predicted octanol–water partition coefficient (Wildman–Crippen LogP) is 7.66. The third-order valence-electron chi connectivity index (χ3n) is 8.89. The van der Waals surface area contributed by atoms with Gasteiger partial charge in [-0.05, 0) is 103 Å². The standard InChI is InChI=1S/C40H47NO4/c1-4-9-30-16-22-36-33(26-30)18-19-34-27-31(13-12-29-10-7-6-8-11-29)17-23-37(34)39(36)41(3)24-25-45-35-20-14-32(15-21-35)28-38(40(42)43)44-5-2/h6-8,10-11,14-17,20-23,26-27,38-39H,4-5,9,12-13,18-19,24-25,28H2,1-3H3,(H,42,43). The molecule has 45 heavy (non-hydrogen) atoms. The first-order valence-electron chi connectivity index (χ1n) is 16.5. The summed E-state index contributed by atoms with van der Waals surface area (Å²) in [4.78, 5) is 13.9. The summed E-state index contributed by atoms with van der Waals surface area (Å²) >= 11 is 0. The summed E-state index contributed by atoms with van der Waals surface area (Å²) in [6.07, 6.45) is 5.96. The Bertz CT molecular complexity index is 1530. The van der Waals surface area contributed by atoms with Crippen molar-refractivity contribution in [1.82, 2.24) is 4.90 Å². The van der Waals surface area contributed by atoms with E-state index in [9.17, 15) is 9.90 Å². The second-order valence-corrected chi connectivity index (χ2v) is 12.2.